The van der Waals surface area contributed by atoms with Crippen molar-refractivity contribution in [2.24, 2.45) is 11.7 Å². The number of rotatable bonds is 3. The molecule has 1 rings (SSSR count). The maximum atomic E-state index is 11.9. The molecule has 2 N–H and O–H groups in total. The third-order valence-electron chi connectivity index (χ3n) is 3.20. The van der Waals surface area contributed by atoms with Gasteiger partial charge in [0.1, 0.15) is 0 Å². The number of hydrogen-bond donors (Lipinski definition) is 1. The highest BCUT2D eigenvalue weighted by atomic mass is 32.2. The average Bonchev–Trinajstić information content (AvgIpc) is 2.26. The number of sulfone groups is 1. The molecule has 0 radical (unpaired) electrons. The van der Waals surface area contributed by atoms with Gasteiger partial charge in [-0.1, -0.05) is 20.3 Å². The van der Waals surface area contributed by atoms with Gasteiger partial charge in [0, 0.05) is 13.1 Å². The van der Waals surface area contributed by atoms with Crippen LogP contribution in [0.3, 0.4) is 0 Å². The minimum atomic E-state index is -2.94. The first-order chi connectivity index (χ1) is 7.37. The molecule has 0 bridgehead atoms. The van der Waals surface area contributed by atoms with Crippen LogP contribution in [-0.4, -0.2) is 49.9 Å². The van der Waals surface area contributed by atoms with Crippen LogP contribution in [0.5, 0.6) is 0 Å². The summed E-state index contributed by atoms with van der Waals surface area (Å²) in [6, 6.07) is -0.509. The molecule has 0 aromatic heterocycles. The van der Waals surface area contributed by atoms with Crippen molar-refractivity contribution in [3.8, 4) is 0 Å². The van der Waals surface area contributed by atoms with Gasteiger partial charge in [-0.3, -0.25) is 4.79 Å². The third-order valence-corrected chi connectivity index (χ3v) is 4.81. The zero-order valence-electron chi connectivity index (χ0n) is 9.85. The van der Waals surface area contributed by atoms with Crippen LogP contribution in [0.25, 0.3) is 0 Å². The fraction of sp³-hybridized carbons (Fsp3) is 0.900. The van der Waals surface area contributed by atoms with Crippen LogP contribution in [0.2, 0.25) is 0 Å². The van der Waals surface area contributed by atoms with E-state index in [0.717, 1.165) is 6.42 Å². The van der Waals surface area contributed by atoms with Gasteiger partial charge in [-0.2, -0.15) is 0 Å². The Morgan fingerprint density at radius 2 is 1.88 bits per heavy atom. The number of hydrogen-bond acceptors (Lipinski definition) is 4. The molecule has 1 aliphatic heterocycles. The highest BCUT2D eigenvalue weighted by Crippen LogP contribution is 2.11. The van der Waals surface area contributed by atoms with Gasteiger partial charge in [-0.15, -0.1) is 0 Å². The summed E-state index contributed by atoms with van der Waals surface area (Å²) in [4.78, 5) is 13.5. The van der Waals surface area contributed by atoms with Crippen molar-refractivity contribution in [2.75, 3.05) is 24.6 Å². The molecule has 0 unspecified atom stereocenters. The minimum Gasteiger partial charge on any atom is -0.339 e. The fourth-order valence-electron chi connectivity index (χ4n) is 1.64. The largest absolute Gasteiger partial charge is 0.339 e. The van der Waals surface area contributed by atoms with Gasteiger partial charge in [0.25, 0.3) is 0 Å². The molecule has 1 amide bonds. The Morgan fingerprint density at radius 1 is 1.38 bits per heavy atom. The Bertz CT molecular complexity index is 339. The number of nitrogens with zero attached hydrogens (tertiary/aromatic N) is 1. The number of amides is 1. The van der Waals surface area contributed by atoms with Gasteiger partial charge in [0.15, 0.2) is 9.84 Å². The molecule has 1 saturated heterocycles. The maximum Gasteiger partial charge on any atom is 0.239 e. The van der Waals surface area contributed by atoms with Gasteiger partial charge < -0.3 is 10.6 Å². The van der Waals surface area contributed by atoms with E-state index in [4.69, 9.17) is 5.73 Å². The zero-order valence-corrected chi connectivity index (χ0v) is 10.7. The standard InChI is InChI=1S/C10H20N2O3S/c1-3-8(2)9(11)10(13)12-4-6-16(14,15)7-5-12/h8-9H,3-7,11H2,1-2H3/t8-,9-/m0/s1. The van der Waals surface area contributed by atoms with Crippen molar-refractivity contribution in [3.05, 3.63) is 0 Å². The van der Waals surface area contributed by atoms with Crippen LogP contribution in [0, 0.1) is 5.92 Å². The Hall–Kier alpha value is -0.620. The molecule has 0 aromatic carbocycles. The highest BCUT2D eigenvalue weighted by Gasteiger charge is 2.29. The minimum absolute atomic E-state index is 0.0615. The molecule has 1 aliphatic rings. The maximum absolute atomic E-state index is 11.9. The second-order valence-electron chi connectivity index (χ2n) is 4.39. The Balaban J connectivity index is 2.57. The van der Waals surface area contributed by atoms with E-state index in [1.807, 2.05) is 13.8 Å². The Labute approximate surface area is 96.9 Å². The van der Waals surface area contributed by atoms with Gasteiger partial charge in [0.05, 0.1) is 17.5 Å². The van der Waals surface area contributed by atoms with Crippen LogP contribution < -0.4 is 5.73 Å². The molecule has 16 heavy (non-hydrogen) atoms. The second-order valence-corrected chi connectivity index (χ2v) is 6.69. The van der Waals surface area contributed by atoms with Crippen LogP contribution >= 0.6 is 0 Å². The first-order valence-electron chi connectivity index (χ1n) is 5.62. The number of nitrogens with two attached hydrogens (primary N) is 1. The van der Waals surface area contributed by atoms with Gasteiger partial charge in [0.2, 0.25) is 5.91 Å². The van der Waals surface area contributed by atoms with E-state index < -0.39 is 15.9 Å². The van der Waals surface area contributed by atoms with Crippen molar-refractivity contribution in [3.63, 3.8) is 0 Å². The highest BCUT2D eigenvalue weighted by molar-refractivity contribution is 7.91. The topological polar surface area (TPSA) is 80.5 Å². The van der Waals surface area contributed by atoms with Gasteiger partial charge in [-0.05, 0) is 5.92 Å². The molecule has 0 saturated carbocycles. The molecule has 0 aliphatic carbocycles. The lowest BCUT2D eigenvalue weighted by molar-refractivity contribution is -0.133. The summed E-state index contributed by atoms with van der Waals surface area (Å²) in [5.74, 6) is 0.132. The van der Waals surface area contributed by atoms with E-state index in [1.165, 1.54) is 0 Å². The lowest BCUT2D eigenvalue weighted by Crippen LogP contribution is -2.52. The SMILES string of the molecule is CC[C@H](C)[C@H](N)C(=O)N1CCS(=O)(=O)CC1. The van der Waals surface area contributed by atoms with E-state index in [0.29, 0.717) is 0 Å². The smallest absolute Gasteiger partial charge is 0.239 e. The van der Waals surface area contributed by atoms with Gasteiger partial charge in [-0.25, -0.2) is 8.42 Å². The molecule has 0 aromatic rings. The van der Waals surface area contributed by atoms with Crippen LogP contribution in [0.15, 0.2) is 0 Å². The lowest BCUT2D eigenvalue weighted by Gasteiger charge is -2.30. The normalized spacial score (nSPS) is 23.8. The average molecular weight is 248 g/mol. The van der Waals surface area contributed by atoms with Crippen molar-refractivity contribution >= 4 is 15.7 Å². The summed E-state index contributed by atoms with van der Waals surface area (Å²) in [6.45, 7) is 4.48. The summed E-state index contributed by atoms with van der Waals surface area (Å²) in [6.07, 6.45) is 0.846. The first kappa shape index (κ1) is 13.4. The summed E-state index contributed by atoms with van der Waals surface area (Å²) < 4.78 is 22.4. The molecular weight excluding hydrogens is 228 g/mol. The Morgan fingerprint density at radius 3 is 2.31 bits per heavy atom. The molecule has 94 valence electrons. The molecule has 0 spiro atoms. The van der Waals surface area contributed by atoms with Crippen molar-refractivity contribution in [1.29, 1.82) is 0 Å². The van der Waals surface area contributed by atoms with Crippen molar-refractivity contribution < 1.29 is 13.2 Å². The van der Waals surface area contributed by atoms with E-state index in [9.17, 15) is 13.2 Å². The second kappa shape index (κ2) is 5.14. The Kier molecular flexibility index (Phi) is 4.32. The lowest BCUT2D eigenvalue weighted by atomic mass is 9.99. The van der Waals surface area contributed by atoms with Crippen LogP contribution in [0.4, 0.5) is 0 Å². The van der Waals surface area contributed by atoms with E-state index in [1.54, 1.807) is 4.90 Å². The molecule has 5 nitrogen and oxygen atoms in total. The molecular formula is C10H20N2O3S. The van der Waals surface area contributed by atoms with E-state index in [-0.39, 0.29) is 36.4 Å². The predicted molar refractivity (Wildman–Crippen MR) is 62.7 cm³/mol. The molecule has 1 heterocycles. The van der Waals surface area contributed by atoms with Gasteiger partial charge >= 0.3 is 0 Å². The molecule has 1 fully saturated rings. The third kappa shape index (κ3) is 3.18. The predicted octanol–water partition coefficient (Wildman–Crippen LogP) is -0.383. The number of carbonyl (C=O) groups is 1. The number of carbonyl (C=O) groups excluding carboxylic acids is 1. The van der Waals surface area contributed by atoms with E-state index in [2.05, 4.69) is 0 Å². The monoisotopic (exact) mass is 248 g/mol. The van der Waals surface area contributed by atoms with Crippen molar-refractivity contribution in [2.45, 2.75) is 26.3 Å². The summed E-state index contributed by atoms with van der Waals surface area (Å²) in [5, 5.41) is 0. The summed E-state index contributed by atoms with van der Waals surface area (Å²) >= 11 is 0. The van der Waals surface area contributed by atoms with E-state index >= 15 is 0 Å². The van der Waals surface area contributed by atoms with Crippen molar-refractivity contribution in [1.82, 2.24) is 4.90 Å². The quantitative estimate of drug-likeness (QED) is 0.738. The fourth-order valence-corrected chi connectivity index (χ4v) is 2.84. The van der Waals surface area contributed by atoms with Crippen LogP contribution in [0.1, 0.15) is 20.3 Å². The first-order valence-corrected chi connectivity index (χ1v) is 7.44. The summed E-state index contributed by atoms with van der Waals surface area (Å²) in [5.41, 5.74) is 5.83. The van der Waals surface area contributed by atoms with Crippen LogP contribution in [-0.2, 0) is 14.6 Å². The zero-order chi connectivity index (χ0) is 12.3. The summed E-state index contributed by atoms with van der Waals surface area (Å²) in [7, 11) is -2.94. The molecule has 2 atom stereocenters. The molecule has 6 heteroatoms.